The maximum absolute atomic E-state index is 12.8. The summed E-state index contributed by atoms with van der Waals surface area (Å²) in [6.45, 7) is 2.16. The number of carbonyl (C=O) groups is 1. The van der Waals surface area contributed by atoms with Gasteiger partial charge in [-0.2, -0.15) is 0 Å². The lowest BCUT2D eigenvalue weighted by Crippen LogP contribution is -1.99. The maximum atomic E-state index is 12.8. The standard InChI is InChI=1S/C24H19NO6/c1-15-21(30-14-17-6-4-8-19(12-17)29-2)10-9-20-23(26)22(31-24(15)20)13-16-5-3-7-18(11-16)25(27)28/h3-13H,14H2,1-2H3/b22-13-. The molecule has 0 bridgehead atoms. The van der Waals surface area contributed by atoms with Crippen LogP contribution in [-0.4, -0.2) is 17.8 Å². The summed E-state index contributed by atoms with van der Waals surface area (Å²) in [5.41, 5.74) is 2.54. The molecule has 0 unspecified atom stereocenters. The molecule has 0 aromatic heterocycles. The molecule has 4 rings (SSSR count). The highest BCUT2D eigenvalue weighted by Crippen LogP contribution is 2.39. The second-order valence-electron chi connectivity index (χ2n) is 7.00. The van der Waals surface area contributed by atoms with Crippen LogP contribution in [0.15, 0.2) is 66.4 Å². The van der Waals surface area contributed by atoms with Crippen LogP contribution in [0.1, 0.15) is 27.0 Å². The number of carbonyl (C=O) groups excluding carboxylic acids is 1. The highest BCUT2D eigenvalue weighted by molar-refractivity contribution is 6.15. The van der Waals surface area contributed by atoms with Crippen LogP contribution in [0.4, 0.5) is 5.69 Å². The quantitative estimate of drug-likeness (QED) is 0.315. The predicted molar refractivity (Wildman–Crippen MR) is 115 cm³/mol. The van der Waals surface area contributed by atoms with E-state index in [2.05, 4.69) is 0 Å². The van der Waals surface area contributed by atoms with E-state index in [1.165, 1.54) is 18.2 Å². The number of allylic oxidation sites excluding steroid dienone is 1. The van der Waals surface area contributed by atoms with Gasteiger partial charge < -0.3 is 14.2 Å². The molecule has 0 saturated heterocycles. The van der Waals surface area contributed by atoms with Gasteiger partial charge >= 0.3 is 0 Å². The Bertz CT molecular complexity index is 1210. The highest BCUT2D eigenvalue weighted by atomic mass is 16.6. The van der Waals surface area contributed by atoms with E-state index < -0.39 is 4.92 Å². The van der Waals surface area contributed by atoms with Crippen molar-refractivity contribution in [3.63, 3.8) is 0 Å². The maximum Gasteiger partial charge on any atom is 0.270 e. The van der Waals surface area contributed by atoms with Crippen molar-refractivity contribution in [3.05, 3.63) is 98.8 Å². The first-order valence-corrected chi connectivity index (χ1v) is 9.54. The molecule has 0 spiro atoms. The number of rotatable bonds is 6. The molecule has 3 aromatic rings. The van der Waals surface area contributed by atoms with E-state index in [-0.39, 0.29) is 17.2 Å². The number of nitrogens with zero attached hydrogens (tertiary/aromatic N) is 1. The molecule has 7 nitrogen and oxygen atoms in total. The monoisotopic (exact) mass is 417 g/mol. The molecule has 7 heteroatoms. The van der Waals surface area contributed by atoms with Crippen LogP contribution in [0.5, 0.6) is 17.2 Å². The fourth-order valence-electron chi connectivity index (χ4n) is 3.33. The molecular weight excluding hydrogens is 398 g/mol. The fraction of sp³-hybridized carbons (Fsp3) is 0.125. The Morgan fingerprint density at radius 2 is 1.90 bits per heavy atom. The van der Waals surface area contributed by atoms with Gasteiger partial charge in [0.2, 0.25) is 5.78 Å². The molecule has 0 radical (unpaired) electrons. The Balaban J connectivity index is 1.56. The van der Waals surface area contributed by atoms with Crippen molar-refractivity contribution in [3.8, 4) is 17.2 Å². The Kier molecular flexibility index (Phi) is 5.41. The number of fused-ring (bicyclic) bond motifs is 1. The van der Waals surface area contributed by atoms with Crippen LogP contribution in [0.25, 0.3) is 6.08 Å². The summed E-state index contributed by atoms with van der Waals surface area (Å²) in [6.07, 6.45) is 1.51. The van der Waals surface area contributed by atoms with Crippen LogP contribution < -0.4 is 14.2 Å². The van der Waals surface area contributed by atoms with Crippen LogP contribution in [0.2, 0.25) is 0 Å². The fourth-order valence-corrected chi connectivity index (χ4v) is 3.33. The number of ether oxygens (including phenoxy) is 3. The smallest absolute Gasteiger partial charge is 0.270 e. The first-order valence-electron chi connectivity index (χ1n) is 9.54. The Morgan fingerprint density at radius 3 is 2.68 bits per heavy atom. The van der Waals surface area contributed by atoms with Gasteiger partial charge in [-0.3, -0.25) is 14.9 Å². The first-order chi connectivity index (χ1) is 15.0. The van der Waals surface area contributed by atoms with Crippen LogP contribution >= 0.6 is 0 Å². The molecule has 3 aromatic carbocycles. The molecule has 31 heavy (non-hydrogen) atoms. The summed E-state index contributed by atoms with van der Waals surface area (Å²) in [5, 5.41) is 11.0. The predicted octanol–water partition coefficient (Wildman–Crippen LogP) is 5.11. The molecular formula is C24H19NO6. The van der Waals surface area contributed by atoms with Gasteiger partial charge in [-0.25, -0.2) is 0 Å². The topological polar surface area (TPSA) is 87.9 Å². The number of nitro benzene ring substituents is 1. The van der Waals surface area contributed by atoms with Gasteiger partial charge in [0.15, 0.2) is 5.76 Å². The summed E-state index contributed by atoms with van der Waals surface area (Å²) in [5.74, 6) is 1.62. The van der Waals surface area contributed by atoms with Gasteiger partial charge in [0, 0.05) is 17.7 Å². The molecule has 0 aliphatic carbocycles. The Labute approximate surface area is 178 Å². The lowest BCUT2D eigenvalue weighted by atomic mass is 10.1. The van der Waals surface area contributed by atoms with Gasteiger partial charge in [0.25, 0.3) is 5.69 Å². The van der Waals surface area contributed by atoms with Gasteiger partial charge in [-0.05, 0) is 48.4 Å². The van der Waals surface area contributed by atoms with Crippen molar-refractivity contribution >= 4 is 17.5 Å². The zero-order valence-electron chi connectivity index (χ0n) is 17.0. The van der Waals surface area contributed by atoms with E-state index in [1.807, 2.05) is 31.2 Å². The molecule has 1 heterocycles. The normalized spacial score (nSPS) is 13.6. The van der Waals surface area contributed by atoms with Gasteiger partial charge in [0.05, 0.1) is 17.6 Å². The average molecular weight is 417 g/mol. The number of ketones is 1. The van der Waals surface area contributed by atoms with Gasteiger partial charge in [-0.15, -0.1) is 0 Å². The number of methoxy groups -OCH3 is 1. The summed E-state index contributed by atoms with van der Waals surface area (Å²) in [4.78, 5) is 23.3. The average Bonchev–Trinajstić information content (AvgIpc) is 3.09. The van der Waals surface area contributed by atoms with E-state index in [1.54, 1.807) is 31.4 Å². The lowest BCUT2D eigenvalue weighted by molar-refractivity contribution is -0.384. The molecule has 0 saturated carbocycles. The summed E-state index contributed by atoms with van der Waals surface area (Å²) < 4.78 is 17.0. The highest BCUT2D eigenvalue weighted by Gasteiger charge is 2.30. The zero-order chi connectivity index (χ0) is 22.0. The molecule has 1 aliphatic heterocycles. The van der Waals surface area contributed by atoms with E-state index >= 15 is 0 Å². The van der Waals surface area contributed by atoms with Crippen molar-refractivity contribution in [1.29, 1.82) is 0 Å². The minimum atomic E-state index is -0.482. The third kappa shape index (κ3) is 4.11. The molecule has 1 aliphatic rings. The number of benzene rings is 3. The Hall–Kier alpha value is -4.13. The summed E-state index contributed by atoms with van der Waals surface area (Å²) >= 11 is 0. The zero-order valence-corrected chi connectivity index (χ0v) is 17.0. The van der Waals surface area contributed by atoms with Crippen molar-refractivity contribution in [1.82, 2.24) is 0 Å². The number of hydrogen-bond donors (Lipinski definition) is 0. The van der Waals surface area contributed by atoms with E-state index in [4.69, 9.17) is 14.2 Å². The second-order valence-corrected chi connectivity index (χ2v) is 7.00. The molecule has 0 atom stereocenters. The molecule has 156 valence electrons. The van der Waals surface area contributed by atoms with Crippen LogP contribution in [-0.2, 0) is 6.61 Å². The molecule has 0 N–H and O–H groups in total. The van der Waals surface area contributed by atoms with Crippen molar-refractivity contribution < 1.29 is 23.9 Å². The first kappa shape index (κ1) is 20.2. The van der Waals surface area contributed by atoms with E-state index in [0.29, 0.717) is 34.8 Å². The van der Waals surface area contributed by atoms with Crippen LogP contribution in [0.3, 0.4) is 0 Å². The summed E-state index contributed by atoms with van der Waals surface area (Å²) in [7, 11) is 1.61. The molecule has 0 amide bonds. The lowest BCUT2D eigenvalue weighted by Gasteiger charge is -2.12. The molecule has 0 fully saturated rings. The number of non-ortho nitro benzene ring substituents is 1. The number of hydrogen-bond acceptors (Lipinski definition) is 6. The van der Waals surface area contributed by atoms with Gasteiger partial charge in [-0.1, -0.05) is 24.3 Å². The Morgan fingerprint density at radius 1 is 1.10 bits per heavy atom. The third-order valence-electron chi connectivity index (χ3n) is 4.94. The van der Waals surface area contributed by atoms with Crippen molar-refractivity contribution in [2.75, 3.05) is 7.11 Å². The second kappa shape index (κ2) is 8.31. The van der Waals surface area contributed by atoms with E-state index in [9.17, 15) is 14.9 Å². The van der Waals surface area contributed by atoms with Crippen molar-refractivity contribution in [2.24, 2.45) is 0 Å². The largest absolute Gasteiger partial charge is 0.497 e. The SMILES string of the molecule is COc1cccc(COc2ccc3c(c2C)O/C(=C\c2cccc([N+](=O)[O-])c2)C3=O)c1. The third-order valence-corrected chi connectivity index (χ3v) is 4.94. The number of Topliss-reactive ketones (excluding diaryl/α,β-unsaturated/α-hetero) is 1. The minimum absolute atomic E-state index is 0.0540. The van der Waals surface area contributed by atoms with Gasteiger partial charge in [0.1, 0.15) is 23.9 Å². The number of nitro groups is 1. The minimum Gasteiger partial charge on any atom is -0.497 e. The summed E-state index contributed by atoms with van der Waals surface area (Å²) in [6, 6.07) is 17.0. The van der Waals surface area contributed by atoms with E-state index in [0.717, 1.165) is 11.3 Å². The van der Waals surface area contributed by atoms with Crippen molar-refractivity contribution in [2.45, 2.75) is 13.5 Å². The van der Waals surface area contributed by atoms with Crippen LogP contribution in [0, 0.1) is 17.0 Å².